The lowest BCUT2D eigenvalue weighted by Gasteiger charge is -2.32. The Bertz CT molecular complexity index is 3150. The Balaban J connectivity index is 1.20. The predicted octanol–water partition coefficient (Wildman–Crippen LogP) is 14.7. The van der Waals surface area contributed by atoms with Gasteiger partial charge in [0.25, 0.3) is 0 Å². The highest BCUT2D eigenvalue weighted by Gasteiger charge is 2.52. The summed E-state index contributed by atoms with van der Waals surface area (Å²) in [7, 11) is 0. The molecule has 2 aliphatic carbocycles. The molecule has 0 saturated carbocycles. The Morgan fingerprint density at radius 3 is 1.60 bits per heavy atom. The van der Waals surface area contributed by atoms with Crippen LogP contribution in [0.15, 0.2) is 217 Å². The fourth-order valence-corrected chi connectivity index (χ4v) is 10.1. The molecule has 0 bridgehead atoms. The van der Waals surface area contributed by atoms with E-state index >= 15 is 0 Å². The van der Waals surface area contributed by atoms with Crippen LogP contribution in [0, 0.1) is 0 Å². The van der Waals surface area contributed by atoms with Gasteiger partial charge >= 0.3 is 0 Å². The third-order valence-electron chi connectivity index (χ3n) is 12.3. The molecule has 0 unspecified atom stereocenters. The lowest BCUT2D eigenvalue weighted by atomic mass is 9.70. The van der Waals surface area contributed by atoms with E-state index in [9.17, 15) is 0 Å². The summed E-state index contributed by atoms with van der Waals surface area (Å²) < 4.78 is 6.56. The van der Waals surface area contributed by atoms with Crippen LogP contribution in [-0.4, -0.2) is 0 Å². The number of para-hydroxylation sites is 1. The maximum absolute atomic E-state index is 6.56. The maximum Gasteiger partial charge on any atom is 0.137 e. The van der Waals surface area contributed by atoms with Crippen molar-refractivity contribution in [2.45, 2.75) is 5.41 Å². The van der Waals surface area contributed by atoms with Crippen LogP contribution in [0.1, 0.15) is 22.3 Å². The van der Waals surface area contributed by atoms with Gasteiger partial charge in [0.15, 0.2) is 0 Å². The van der Waals surface area contributed by atoms with E-state index in [0.717, 1.165) is 39.0 Å². The van der Waals surface area contributed by atoms with E-state index in [1.165, 1.54) is 66.8 Å². The largest absolute Gasteiger partial charge is 0.456 e. The fraction of sp³-hybridized carbons (Fsp3) is 0.0182. The first kappa shape index (κ1) is 31.9. The van der Waals surface area contributed by atoms with Crippen LogP contribution >= 0.6 is 0 Å². The normalized spacial score (nSPS) is 13.1. The second-order valence-electron chi connectivity index (χ2n) is 15.1. The van der Waals surface area contributed by atoms with E-state index in [2.05, 4.69) is 211 Å². The molecule has 0 amide bonds. The third kappa shape index (κ3) is 4.47. The molecule has 12 rings (SSSR count). The van der Waals surface area contributed by atoms with Crippen LogP contribution in [0.25, 0.3) is 66.4 Å². The number of benzene rings is 9. The molecule has 0 saturated heterocycles. The summed E-state index contributed by atoms with van der Waals surface area (Å²) in [5.74, 6) is 0. The van der Waals surface area contributed by atoms with Gasteiger partial charge in [-0.15, -0.1) is 0 Å². The number of hydrogen-bond acceptors (Lipinski definition) is 2. The van der Waals surface area contributed by atoms with Crippen LogP contribution in [0.2, 0.25) is 0 Å². The van der Waals surface area contributed by atoms with Crippen LogP contribution in [-0.2, 0) is 5.41 Å². The van der Waals surface area contributed by atoms with Gasteiger partial charge in [-0.25, -0.2) is 0 Å². The van der Waals surface area contributed by atoms with Gasteiger partial charge in [0.1, 0.15) is 11.2 Å². The van der Waals surface area contributed by atoms with Gasteiger partial charge in [0.05, 0.1) is 22.2 Å². The topological polar surface area (TPSA) is 16.4 Å². The fourth-order valence-electron chi connectivity index (χ4n) is 10.1. The van der Waals surface area contributed by atoms with Crippen molar-refractivity contribution in [2.75, 3.05) is 4.90 Å². The monoisotopic (exact) mass is 725 g/mol. The third-order valence-corrected chi connectivity index (χ3v) is 12.3. The molecule has 1 spiro atoms. The summed E-state index contributed by atoms with van der Waals surface area (Å²) in [6, 6.07) is 77.5. The molecule has 9 aromatic carbocycles. The van der Waals surface area contributed by atoms with Crippen molar-refractivity contribution in [1.29, 1.82) is 0 Å². The molecule has 10 aromatic rings. The molecule has 266 valence electrons. The van der Waals surface area contributed by atoms with Gasteiger partial charge in [-0.3, -0.25) is 0 Å². The Morgan fingerprint density at radius 1 is 0.351 bits per heavy atom. The molecule has 2 nitrogen and oxygen atoms in total. The van der Waals surface area contributed by atoms with Crippen molar-refractivity contribution in [3.63, 3.8) is 0 Å². The summed E-state index contributed by atoms with van der Waals surface area (Å²) in [6.07, 6.45) is 0. The molecule has 1 heterocycles. The van der Waals surface area contributed by atoms with Crippen LogP contribution in [0.5, 0.6) is 0 Å². The van der Waals surface area contributed by atoms with E-state index in [1.807, 2.05) is 6.07 Å². The Morgan fingerprint density at radius 2 is 0.877 bits per heavy atom. The van der Waals surface area contributed by atoms with Gasteiger partial charge < -0.3 is 9.32 Å². The van der Waals surface area contributed by atoms with Crippen molar-refractivity contribution in [3.05, 3.63) is 235 Å². The van der Waals surface area contributed by atoms with Gasteiger partial charge in [-0.2, -0.15) is 0 Å². The SMILES string of the molecule is c1ccc(-c2ccc(N(c3cccc4c3-c3ccccc3C43c4ccccc4-c4ccccc43)c3cccc4oc5ccccc5c34)cc2-c2ccccc2)cc1. The molecule has 0 radical (unpaired) electrons. The van der Waals surface area contributed by atoms with E-state index in [0.29, 0.717) is 0 Å². The van der Waals surface area contributed by atoms with Gasteiger partial charge in [-0.05, 0) is 97.6 Å². The zero-order valence-electron chi connectivity index (χ0n) is 31.1. The number of hydrogen-bond donors (Lipinski definition) is 0. The molecular formula is C55H35NO. The number of rotatable bonds is 5. The van der Waals surface area contributed by atoms with E-state index in [1.54, 1.807) is 0 Å². The average molecular weight is 726 g/mol. The lowest BCUT2D eigenvalue weighted by molar-refractivity contribution is 0.669. The zero-order chi connectivity index (χ0) is 37.5. The zero-order valence-corrected chi connectivity index (χ0v) is 31.1. The van der Waals surface area contributed by atoms with Crippen molar-refractivity contribution >= 4 is 39.0 Å². The summed E-state index contributed by atoms with van der Waals surface area (Å²) in [4.78, 5) is 2.49. The molecule has 1 aromatic heterocycles. The van der Waals surface area contributed by atoms with Crippen LogP contribution in [0.4, 0.5) is 17.1 Å². The van der Waals surface area contributed by atoms with Crippen LogP contribution in [0.3, 0.4) is 0 Å². The highest BCUT2D eigenvalue weighted by atomic mass is 16.3. The standard InChI is InChI=1S/C55H35NO/c1-3-17-36(18-4-1)39-34-33-38(35-44(39)37-19-5-2-6-20-37)56(50-30-16-32-52-54(50)43-24-10-14-31-51(43)57-52)49-29-15-28-48-53(49)42-23-9-13-27-47(42)55(48)45-25-11-7-21-40(45)41-22-8-12-26-46(41)55/h1-35H. The molecule has 0 fully saturated rings. The highest BCUT2D eigenvalue weighted by molar-refractivity contribution is 6.14. The van der Waals surface area contributed by atoms with E-state index < -0.39 is 5.41 Å². The molecule has 2 aliphatic rings. The quantitative estimate of drug-likeness (QED) is 0.176. The number of furan rings is 1. The first-order chi connectivity index (χ1) is 28.3. The number of nitrogens with zero attached hydrogens (tertiary/aromatic N) is 1. The molecule has 57 heavy (non-hydrogen) atoms. The van der Waals surface area contributed by atoms with Crippen LogP contribution < -0.4 is 4.90 Å². The van der Waals surface area contributed by atoms with Gasteiger partial charge in [0, 0.05) is 16.6 Å². The van der Waals surface area contributed by atoms with Gasteiger partial charge in [-0.1, -0.05) is 176 Å². The summed E-state index contributed by atoms with van der Waals surface area (Å²) in [5, 5.41) is 2.19. The van der Waals surface area contributed by atoms with E-state index in [-0.39, 0.29) is 0 Å². The number of anilines is 3. The first-order valence-electron chi connectivity index (χ1n) is 19.7. The van der Waals surface area contributed by atoms with Crippen molar-refractivity contribution in [2.24, 2.45) is 0 Å². The first-order valence-corrected chi connectivity index (χ1v) is 19.7. The minimum Gasteiger partial charge on any atom is -0.456 e. The Hall–Kier alpha value is -7.42. The average Bonchev–Trinajstić information content (AvgIpc) is 3.92. The summed E-state index contributed by atoms with van der Waals surface area (Å²) >= 11 is 0. The Labute approximate surface area is 331 Å². The maximum atomic E-state index is 6.56. The second-order valence-corrected chi connectivity index (χ2v) is 15.1. The molecule has 0 N–H and O–H groups in total. The summed E-state index contributed by atoms with van der Waals surface area (Å²) in [6.45, 7) is 0. The minimum atomic E-state index is -0.457. The highest BCUT2D eigenvalue weighted by Crippen LogP contribution is 2.65. The second kappa shape index (κ2) is 12.3. The summed E-state index contributed by atoms with van der Waals surface area (Å²) in [5.41, 5.74) is 19.7. The predicted molar refractivity (Wildman–Crippen MR) is 236 cm³/mol. The molecule has 0 atom stereocenters. The van der Waals surface area contributed by atoms with E-state index in [4.69, 9.17) is 4.42 Å². The molecule has 0 aliphatic heterocycles. The van der Waals surface area contributed by atoms with Crippen molar-refractivity contribution < 1.29 is 4.42 Å². The Kier molecular flexibility index (Phi) is 6.88. The lowest BCUT2D eigenvalue weighted by Crippen LogP contribution is -2.26. The minimum absolute atomic E-state index is 0.457. The number of fused-ring (bicyclic) bond motifs is 13. The molecule has 2 heteroatoms. The van der Waals surface area contributed by atoms with Gasteiger partial charge in [0.2, 0.25) is 0 Å². The van der Waals surface area contributed by atoms with Crippen molar-refractivity contribution in [1.82, 2.24) is 0 Å². The smallest absolute Gasteiger partial charge is 0.137 e. The van der Waals surface area contributed by atoms with Crippen molar-refractivity contribution in [3.8, 4) is 44.5 Å². The molecular weight excluding hydrogens is 691 g/mol.